The largest absolute Gasteiger partial charge is 0.489 e. The van der Waals surface area contributed by atoms with Gasteiger partial charge in [-0.25, -0.2) is 0 Å². The second kappa shape index (κ2) is 3.41. The van der Waals surface area contributed by atoms with Gasteiger partial charge in [-0.05, 0) is 24.3 Å². The van der Waals surface area contributed by atoms with Crippen molar-refractivity contribution in [2.75, 3.05) is 6.61 Å². The molecule has 0 unspecified atom stereocenters. The zero-order valence-corrected chi connectivity index (χ0v) is 7.27. The summed E-state index contributed by atoms with van der Waals surface area (Å²) in [6, 6.07) is 4.79. The molecule has 0 fully saturated rings. The molecule has 0 N–H and O–H groups in total. The Labute approximate surface area is 80.2 Å². The zero-order chi connectivity index (χ0) is 9.97. The minimum Gasteiger partial charge on any atom is -0.489 e. The molecule has 0 bridgehead atoms. The summed E-state index contributed by atoms with van der Waals surface area (Å²) in [6.45, 7) is 0.534. The molecule has 4 nitrogen and oxygen atoms in total. The van der Waals surface area contributed by atoms with E-state index in [0.717, 1.165) is 11.3 Å². The number of rotatable bonds is 1. The van der Waals surface area contributed by atoms with Gasteiger partial charge in [0.05, 0.1) is 0 Å². The maximum absolute atomic E-state index is 11.0. The summed E-state index contributed by atoms with van der Waals surface area (Å²) in [5.74, 6) is -0.0401. The minimum absolute atomic E-state index is 0.286. The van der Waals surface area contributed by atoms with E-state index < -0.39 is 5.91 Å². The molecule has 2 rings (SSSR count). The lowest BCUT2D eigenvalue weighted by atomic mass is 10.1. The molecule has 1 aliphatic heterocycles. The van der Waals surface area contributed by atoms with Crippen LogP contribution >= 0.6 is 0 Å². The first kappa shape index (κ1) is 8.62. The fourth-order valence-electron chi connectivity index (χ4n) is 1.31. The average molecular weight is 189 g/mol. The summed E-state index contributed by atoms with van der Waals surface area (Å²) in [6.07, 6.45) is 3.69. The van der Waals surface area contributed by atoms with Crippen molar-refractivity contribution in [3.63, 3.8) is 0 Å². The number of nitroso groups, excluding NO2 is 1. The third-order valence-electron chi connectivity index (χ3n) is 1.97. The van der Waals surface area contributed by atoms with Crippen LogP contribution in [-0.4, -0.2) is 12.5 Å². The van der Waals surface area contributed by atoms with Gasteiger partial charge in [-0.3, -0.25) is 4.79 Å². The van der Waals surface area contributed by atoms with Gasteiger partial charge in [0, 0.05) is 16.3 Å². The van der Waals surface area contributed by atoms with Crippen molar-refractivity contribution in [3.8, 4) is 5.75 Å². The molecule has 1 heterocycles. The summed E-state index contributed by atoms with van der Waals surface area (Å²) in [7, 11) is 0. The third-order valence-corrected chi connectivity index (χ3v) is 1.97. The average Bonchev–Trinajstić information content (AvgIpc) is 2.27. The predicted molar refractivity (Wildman–Crippen MR) is 51.1 cm³/mol. The van der Waals surface area contributed by atoms with Crippen LogP contribution in [0.2, 0.25) is 0 Å². The van der Waals surface area contributed by atoms with Crippen LogP contribution in [0.15, 0.2) is 29.5 Å². The fourth-order valence-corrected chi connectivity index (χ4v) is 1.31. The van der Waals surface area contributed by atoms with Gasteiger partial charge in [0.15, 0.2) is 0 Å². The topological polar surface area (TPSA) is 55.7 Å². The van der Waals surface area contributed by atoms with Crippen LogP contribution in [0.5, 0.6) is 5.75 Å². The Kier molecular flexibility index (Phi) is 2.10. The second-order valence-electron chi connectivity index (χ2n) is 2.86. The van der Waals surface area contributed by atoms with Gasteiger partial charge in [0.25, 0.3) is 0 Å². The Balaban J connectivity index is 2.45. The van der Waals surface area contributed by atoms with Crippen molar-refractivity contribution in [3.05, 3.63) is 40.3 Å². The van der Waals surface area contributed by atoms with E-state index in [4.69, 9.17) is 4.74 Å². The van der Waals surface area contributed by atoms with Crippen molar-refractivity contribution in [2.24, 2.45) is 5.18 Å². The van der Waals surface area contributed by atoms with Crippen LogP contribution in [0, 0.1) is 4.91 Å². The lowest BCUT2D eigenvalue weighted by Crippen LogP contribution is -2.02. The third kappa shape index (κ3) is 1.42. The van der Waals surface area contributed by atoms with E-state index in [1.165, 1.54) is 6.07 Å². The van der Waals surface area contributed by atoms with Crippen LogP contribution in [0.3, 0.4) is 0 Å². The molecule has 0 saturated carbocycles. The van der Waals surface area contributed by atoms with Crippen molar-refractivity contribution in [2.45, 2.75) is 0 Å². The van der Waals surface area contributed by atoms with Crippen molar-refractivity contribution in [1.29, 1.82) is 0 Å². The first-order chi connectivity index (χ1) is 6.81. The van der Waals surface area contributed by atoms with E-state index in [2.05, 4.69) is 5.18 Å². The van der Waals surface area contributed by atoms with Crippen LogP contribution in [-0.2, 0) is 0 Å². The Morgan fingerprint density at radius 3 is 3.07 bits per heavy atom. The van der Waals surface area contributed by atoms with Gasteiger partial charge in [-0.2, -0.15) is 0 Å². The van der Waals surface area contributed by atoms with Gasteiger partial charge >= 0.3 is 5.91 Å². The second-order valence-corrected chi connectivity index (χ2v) is 2.86. The summed E-state index contributed by atoms with van der Waals surface area (Å²) in [5.41, 5.74) is 1.08. The van der Waals surface area contributed by atoms with Gasteiger partial charge in [0.1, 0.15) is 12.4 Å². The summed E-state index contributed by atoms with van der Waals surface area (Å²) < 4.78 is 5.28. The Bertz CT molecular complexity index is 423. The van der Waals surface area contributed by atoms with Crippen molar-refractivity contribution in [1.82, 2.24) is 0 Å². The fraction of sp³-hybridized carbons (Fsp3) is 0.100. The molecule has 0 saturated heterocycles. The number of fused-ring (bicyclic) bond motifs is 1. The van der Waals surface area contributed by atoms with Crippen LogP contribution in [0.1, 0.15) is 15.9 Å². The lowest BCUT2D eigenvalue weighted by molar-refractivity contribution is 0.100. The molecule has 0 spiro atoms. The van der Waals surface area contributed by atoms with Crippen LogP contribution in [0.25, 0.3) is 6.08 Å². The van der Waals surface area contributed by atoms with E-state index in [0.29, 0.717) is 6.61 Å². The number of carbonyl (C=O) groups is 1. The molecule has 0 aromatic heterocycles. The lowest BCUT2D eigenvalue weighted by Gasteiger charge is -2.11. The Morgan fingerprint density at radius 1 is 1.43 bits per heavy atom. The molecule has 1 amide bonds. The highest BCUT2D eigenvalue weighted by molar-refractivity contribution is 5.95. The first-order valence-electron chi connectivity index (χ1n) is 4.12. The van der Waals surface area contributed by atoms with Crippen molar-refractivity contribution < 1.29 is 9.53 Å². The van der Waals surface area contributed by atoms with E-state index in [1.807, 2.05) is 12.2 Å². The van der Waals surface area contributed by atoms with Crippen LogP contribution in [0.4, 0.5) is 0 Å². The summed E-state index contributed by atoms with van der Waals surface area (Å²) >= 11 is 0. The summed E-state index contributed by atoms with van der Waals surface area (Å²) in [4.78, 5) is 21.0. The SMILES string of the molecule is O=NC(=O)c1ccc2c(c1)C=CCO2. The van der Waals surface area contributed by atoms with Gasteiger partial charge < -0.3 is 4.74 Å². The smallest absolute Gasteiger partial charge is 0.316 e. The minimum atomic E-state index is -0.758. The molecule has 0 aliphatic carbocycles. The quantitative estimate of drug-likeness (QED) is 0.635. The zero-order valence-electron chi connectivity index (χ0n) is 7.27. The maximum atomic E-state index is 11.0. The summed E-state index contributed by atoms with van der Waals surface area (Å²) in [5, 5.41) is 2.35. The van der Waals surface area contributed by atoms with E-state index >= 15 is 0 Å². The number of benzene rings is 1. The molecule has 1 aliphatic rings. The number of hydrogen-bond donors (Lipinski definition) is 0. The number of amides is 1. The molecule has 1 aromatic rings. The van der Waals surface area contributed by atoms with Gasteiger partial charge in [-0.1, -0.05) is 6.08 Å². The number of nitrogens with zero attached hydrogens (tertiary/aromatic N) is 1. The molecule has 70 valence electrons. The Morgan fingerprint density at radius 2 is 2.29 bits per heavy atom. The number of carbonyl (C=O) groups excluding carboxylic acids is 1. The van der Waals surface area contributed by atoms with E-state index in [9.17, 15) is 9.70 Å². The standard InChI is InChI=1S/C10H7NO3/c12-10(11-13)8-3-4-9-7(6-8)2-1-5-14-9/h1-4,6H,5H2. The Hall–Kier alpha value is -1.97. The van der Waals surface area contributed by atoms with Crippen molar-refractivity contribution >= 4 is 12.0 Å². The highest BCUT2D eigenvalue weighted by Gasteiger charge is 2.10. The monoisotopic (exact) mass is 189 g/mol. The van der Waals surface area contributed by atoms with E-state index in [-0.39, 0.29) is 5.56 Å². The molecule has 0 atom stereocenters. The maximum Gasteiger partial charge on any atom is 0.316 e. The number of hydrogen-bond acceptors (Lipinski definition) is 3. The highest BCUT2D eigenvalue weighted by atomic mass is 16.5. The number of ether oxygens (including phenoxy) is 1. The molecule has 4 heteroatoms. The molecular weight excluding hydrogens is 182 g/mol. The normalized spacial score (nSPS) is 12.9. The predicted octanol–water partition coefficient (Wildman–Crippen LogP) is 2.00. The van der Waals surface area contributed by atoms with Gasteiger partial charge in [0.2, 0.25) is 0 Å². The molecule has 14 heavy (non-hydrogen) atoms. The van der Waals surface area contributed by atoms with Crippen LogP contribution < -0.4 is 4.74 Å². The molecular formula is C10H7NO3. The first-order valence-corrected chi connectivity index (χ1v) is 4.12. The van der Waals surface area contributed by atoms with E-state index in [1.54, 1.807) is 12.1 Å². The highest BCUT2D eigenvalue weighted by Crippen LogP contribution is 2.24. The molecule has 0 radical (unpaired) electrons. The molecule has 1 aromatic carbocycles. The van der Waals surface area contributed by atoms with Gasteiger partial charge in [-0.15, -0.1) is 4.91 Å².